The molecule has 62 heavy (non-hydrogen) atoms. The van der Waals surface area contributed by atoms with Crippen LogP contribution in [0.3, 0.4) is 0 Å². The van der Waals surface area contributed by atoms with E-state index in [2.05, 4.69) is 111 Å². The second-order valence-corrected chi connectivity index (χ2v) is 16.4. The van der Waals surface area contributed by atoms with Gasteiger partial charge in [-0.1, -0.05) is 103 Å². The third-order valence-electron chi connectivity index (χ3n) is 12.1. The minimum Gasteiger partial charge on any atom is -0.383 e. The number of ether oxygens (including phenoxy) is 2. The van der Waals surface area contributed by atoms with E-state index in [9.17, 15) is 9.59 Å². The molecular weight excluding hydrogens is 773 g/mol. The molecule has 10 nitrogen and oxygen atoms in total. The monoisotopic (exact) mass is 834 g/mol. The van der Waals surface area contributed by atoms with Gasteiger partial charge >= 0.3 is 0 Å². The Labute approximate surface area is 367 Å². The Morgan fingerprint density at radius 1 is 0.661 bits per heavy atom. The number of hydrogen-bond donors (Lipinski definition) is 4. The second kappa shape index (κ2) is 22.1. The van der Waals surface area contributed by atoms with Crippen LogP contribution in [0.1, 0.15) is 80.5 Å². The Morgan fingerprint density at radius 3 is 1.89 bits per heavy atom. The normalized spacial score (nSPS) is 16.0. The SMILES string of the molecule is COCCN(CCOC)Cc1ccc(C(=O)NC(C)c2cccc3c(C4CNCCN(Cc5ccc(C(=O)NC(C)c6cccc7ccccc67)cc5)CCN4)cccc23)cc1. The van der Waals surface area contributed by atoms with Gasteiger partial charge in [-0.25, -0.2) is 0 Å². The van der Waals surface area contributed by atoms with Crippen LogP contribution in [0.4, 0.5) is 0 Å². The Hall–Kier alpha value is -5.46. The van der Waals surface area contributed by atoms with E-state index in [0.29, 0.717) is 24.3 Å². The summed E-state index contributed by atoms with van der Waals surface area (Å²) < 4.78 is 10.6. The summed E-state index contributed by atoms with van der Waals surface area (Å²) in [7, 11) is 3.43. The van der Waals surface area contributed by atoms with Crippen molar-refractivity contribution in [1.82, 2.24) is 31.1 Å². The molecule has 2 amide bonds. The average molecular weight is 835 g/mol. The topological polar surface area (TPSA) is 107 Å². The molecule has 0 aliphatic carbocycles. The van der Waals surface area contributed by atoms with Gasteiger partial charge in [-0.2, -0.15) is 0 Å². The molecule has 6 aromatic carbocycles. The first-order valence-corrected chi connectivity index (χ1v) is 22.0. The summed E-state index contributed by atoms with van der Waals surface area (Å²) in [5, 5.41) is 18.7. The van der Waals surface area contributed by atoms with Crippen LogP contribution in [-0.4, -0.2) is 94.9 Å². The first kappa shape index (κ1) is 44.6. The van der Waals surface area contributed by atoms with Gasteiger partial charge in [0.25, 0.3) is 11.8 Å². The highest BCUT2D eigenvalue weighted by Crippen LogP contribution is 2.30. The Morgan fingerprint density at radius 2 is 1.21 bits per heavy atom. The summed E-state index contributed by atoms with van der Waals surface area (Å²) in [6.45, 7) is 12.9. The first-order chi connectivity index (χ1) is 30.3. The molecule has 7 rings (SSSR count). The highest BCUT2D eigenvalue weighted by molar-refractivity contribution is 5.96. The lowest BCUT2D eigenvalue weighted by molar-refractivity contribution is 0.0931. The van der Waals surface area contributed by atoms with Crippen molar-refractivity contribution in [1.29, 1.82) is 0 Å². The molecule has 324 valence electrons. The number of benzene rings is 6. The van der Waals surface area contributed by atoms with Gasteiger partial charge < -0.3 is 30.7 Å². The molecule has 0 spiro atoms. The molecule has 4 N–H and O–H groups in total. The summed E-state index contributed by atoms with van der Waals surface area (Å²) in [6, 6.07) is 43.2. The van der Waals surface area contributed by atoms with Crippen LogP contribution in [0.2, 0.25) is 0 Å². The van der Waals surface area contributed by atoms with E-state index in [1.165, 1.54) is 21.9 Å². The van der Waals surface area contributed by atoms with Gasteiger partial charge in [-0.3, -0.25) is 19.4 Å². The molecule has 1 aliphatic rings. The Kier molecular flexibility index (Phi) is 15.9. The van der Waals surface area contributed by atoms with E-state index < -0.39 is 0 Å². The molecule has 0 saturated carbocycles. The standard InChI is InChI=1S/C52H62N6O4/c1-37(44-13-7-11-41-10-5-6-12-46(41)44)55-51(59)42-22-18-39(19-23-42)35-57-28-26-53-34-50(54-27-29-57)49-17-9-15-47-45(14-8-16-48(47)49)38(2)56-52(60)43-24-20-40(21-25-43)36-58(30-32-61-3)31-33-62-4/h5-25,37-38,50,53-54H,26-36H2,1-4H3,(H,55,59)(H,56,60). The third-order valence-corrected chi connectivity index (χ3v) is 12.1. The number of nitrogens with one attached hydrogen (secondary N) is 4. The van der Waals surface area contributed by atoms with Gasteiger partial charge in [0, 0.05) is 90.3 Å². The maximum absolute atomic E-state index is 13.5. The molecular formula is C52H62N6O4. The van der Waals surface area contributed by atoms with Crippen LogP contribution in [0.15, 0.2) is 127 Å². The number of carbonyl (C=O) groups is 2. The number of rotatable bonds is 17. The third kappa shape index (κ3) is 11.5. The summed E-state index contributed by atoms with van der Waals surface area (Å²) in [5.41, 5.74) is 7.06. The molecule has 6 aromatic rings. The fourth-order valence-corrected chi connectivity index (χ4v) is 8.58. The summed E-state index contributed by atoms with van der Waals surface area (Å²) >= 11 is 0. The van der Waals surface area contributed by atoms with Gasteiger partial charge in [0.15, 0.2) is 0 Å². The average Bonchev–Trinajstić information content (AvgIpc) is 3.41. The number of carbonyl (C=O) groups excluding carboxylic acids is 2. The van der Waals surface area contributed by atoms with E-state index in [4.69, 9.17) is 9.47 Å². The van der Waals surface area contributed by atoms with Gasteiger partial charge in [-0.05, 0) is 87.5 Å². The highest BCUT2D eigenvalue weighted by Gasteiger charge is 2.21. The fraction of sp³-hybridized carbons (Fsp3) is 0.346. The molecule has 10 heteroatoms. The van der Waals surface area contributed by atoms with Crippen LogP contribution >= 0.6 is 0 Å². The van der Waals surface area contributed by atoms with Gasteiger partial charge in [-0.15, -0.1) is 0 Å². The lowest BCUT2D eigenvalue weighted by Gasteiger charge is -2.23. The van der Waals surface area contributed by atoms with E-state index in [1.54, 1.807) is 14.2 Å². The molecule has 0 bridgehead atoms. The van der Waals surface area contributed by atoms with Crippen LogP contribution in [0.25, 0.3) is 21.5 Å². The largest absolute Gasteiger partial charge is 0.383 e. The van der Waals surface area contributed by atoms with Gasteiger partial charge in [0.05, 0.1) is 25.3 Å². The minimum atomic E-state index is -0.193. The van der Waals surface area contributed by atoms with E-state index >= 15 is 0 Å². The number of amides is 2. The van der Waals surface area contributed by atoms with Crippen molar-refractivity contribution in [2.75, 3.05) is 73.2 Å². The predicted octanol–water partition coefficient (Wildman–Crippen LogP) is 7.81. The number of methoxy groups -OCH3 is 2. The zero-order valence-electron chi connectivity index (χ0n) is 36.7. The molecule has 1 saturated heterocycles. The number of hydrogen-bond acceptors (Lipinski definition) is 8. The second-order valence-electron chi connectivity index (χ2n) is 16.4. The van der Waals surface area contributed by atoms with Crippen molar-refractivity contribution in [3.05, 3.63) is 166 Å². The molecule has 3 atom stereocenters. The van der Waals surface area contributed by atoms with Crippen LogP contribution in [-0.2, 0) is 22.6 Å². The van der Waals surface area contributed by atoms with Crippen molar-refractivity contribution < 1.29 is 19.1 Å². The minimum absolute atomic E-state index is 0.0728. The summed E-state index contributed by atoms with van der Waals surface area (Å²) in [5.74, 6) is -0.167. The maximum Gasteiger partial charge on any atom is 0.251 e. The van der Waals surface area contributed by atoms with Crippen molar-refractivity contribution in [3.8, 4) is 0 Å². The van der Waals surface area contributed by atoms with E-state index in [-0.39, 0.29) is 29.9 Å². The van der Waals surface area contributed by atoms with Gasteiger partial charge in [0.1, 0.15) is 0 Å². The van der Waals surface area contributed by atoms with Gasteiger partial charge in [0.2, 0.25) is 0 Å². The van der Waals surface area contributed by atoms with E-state index in [0.717, 1.165) is 86.4 Å². The molecule has 0 aromatic heterocycles. The lowest BCUT2D eigenvalue weighted by Crippen LogP contribution is -2.34. The van der Waals surface area contributed by atoms with Crippen molar-refractivity contribution in [2.24, 2.45) is 0 Å². The summed E-state index contributed by atoms with van der Waals surface area (Å²) in [6.07, 6.45) is 0. The van der Waals surface area contributed by atoms with Crippen LogP contribution in [0.5, 0.6) is 0 Å². The van der Waals surface area contributed by atoms with Crippen LogP contribution < -0.4 is 21.3 Å². The predicted molar refractivity (Wildman–Crippen MR) is 250 cm³/mol. The first-order valence-electron chi connectivity index (χ1n) is 22.0. The molecule has 3 unspecified atom stereocenters. The van der Waals surface area contributed by atoms with Crippen molar-refractivity contribution in [2.45, 2.75) is 45.1 Å². The molecule has 1 heterocycles. The summed E-state index contributed by atoms with van der Waals surface area (Å²) in [4.78, 5) is 31.5. The van der Waals surface area contributed by atoms with Crippen LogP contribution in [0, 0.1) is 0 Å². The maximum atomic E-state index is 13.5. The molecule has 1 fully saturated rings. The number of nitrogens with zero attached hydrogens (tertiary/aromatic N) is 2. The quantitative estimate of drug-likeness (QED) is 0.0738. The Bertz CT molecular complexity index is 2370. The van der Waals surface area contributed by atoms with E-state index in [1.807, 2.05) is 61.5 Å². The highest BCUT2D eigenvalue weighted by atomic mass is 16.5. The zero-order chi connectivity index (χ0) is 43.3. The molecule has 1 aliphatic heterocycles. The van der Waals surface area contributed by atoms with Crippen molar-refractivity contribution in [3.63, 3.8) is 0 Å². The zero-order valence-corrected chi connectivity index (χ0v) is 36.7. The van der Waals surface area contributed by atoms with Crippen molar-refractivity contribution >= 4 is 33.4 Å². The lowest BCUT2D eigenvalue weighted by atomic mass is 9.93. The molecule has 0 radical (unpaired) electrons. The number of fused-ring (bicyclic) bond motifs is 2. The fourth-order valence-electron chi connectivity index (χ4n) is 8.58. The smallest absolute Gasteiger partial charge is 0.251 e. The Balaban J connectivity index is 0.935.